The smallest absolute Gasteiger partial charge is 0.151 e. The third-order valence-corrected chi connectivity index (χ3v) is 4.04. The average Bonchev–Trinajstić information content (AvgIpc) is 2.03. The average molecular weight is 242 g/mol. The SMILES string of the molecule is CCCS(=O)(=O)CCNC(C)CCCl. The highest BCUT2D eigenvalue weighted by atomic mass is 35.5. The highest BCUT2D eigenvalue weighted by Gasteiger charge is 2.09. The van der Waals surface area contributed by atoms with Crippen molar-refractivity contribution in [1.29, 1.82) is 0 Å². The zero-order valence-electron chi connectivity index (χ0n) is 8.92. The van der Waals surface area contributed by atoms with Crippen molar-refractivity contribution in [3.05, 3.63) is 0 Å². The fourth-order valence-electron chi connectivity index (χ4n) is 1.14. The maximum absolute atomic E-state index is 11.3. The molecule has 14 heavy (non-hydrogen) atoms. The number of halogens is 1. The fourth-order valence-corrected chi connectivity index (χ4v) is 2.72. The van der Waals surface area contributed by atoms with E-state index in [4.69, 9.17) is 11.6 Å². The van der Waals surface area contributed by atoms with E-state index in [0.29, 0.717) is 30.6 Å². The number of alkyl halides is 1. The van der Waals surface area contributed by atoms with Gasteiger partial charge in [0.25, 0.3) is 0 Å². The second-order valence-electron chi connectivity index (χ2n) is 3.48. The van der Waals surface area contributed by atoms with Gasteiger partial charge in [-0.05, 0) is 19.8 Å². The second kappa shape index (κ2) is 7.49. The summed E-state index contributed by atoms with van der Waals surface area (Å²) in [5.41, 5.74) is 0. The number of nitrogens with one attached hydrogen (secondary N) is 1. The van der Waals surface area contributed by atoms with E-state index in [2.05, 4.69) is 5.32 Å². The molecule has 0 aliphatic heterocycles. The Labute approximate surface area is 92.1 Å². The minimum Gasteiger partial charge on any atom is -0.313 e. The molecular formula is C9H20ClNO2S. The van der Waals surface area contributed by atoms with Gasteiger partial charge in [-0.1, -0.05) is 6.92 Å². The maximum Gasteiger partial charge on any atom is 0.151 e. The molecule has 0 aromatic carbocycles. The van der Waals surface area contributed by atoms with E-state index in [1.165, 1.54) is 0 Å². The molecule has 3 nitrogen and oxygen atoms in total. The van der Waals surface area contributed by atoms with Gasteiger partial charge < -0.3 is 5.32 Å². The van der Waals surface area contributed by atoms with Gasteiger partial charge in [0.1, 0.15) is 0 Å². The summed E-state index contributed by atoms with van der Waals surface area (Å²) in [5, 5.41) is 3.13. The van der Waals surface area contributed by atoms with Crippen LogP contribution in [0, 0.1) is 0 Å². The van der Waals surface area contributed by atoms with Crippen molar-refractivity contribution in [2.24, 2.45) is 0 Å². The number of sulfone groups is 1. The summed E-state index contributed by atoms with van der Waals surface area (Å²) in [6.45, 7) is 4.41. The van der Waals surface area contributed by atoms with Crippen molar-refractivity contribution in [3.63, 3.8) is 0 Å². The molecule has 0 spiro atoms. The molecule has 1 atom stereocenters. The molecule has 0 amide bonds. The summed E-state index contributed by atoms with van der Waals surface area (Å²) in [6.07, 6.45) is 1.56. The number of hydrogen-bond acceptors (Lipinski definition) is 3. The lowest BCUT2D eigenvalue weighted by atomic mass is 10.3. The van der Waals surface area contributed by atoms with Crippen LogP contribution in [0.5, 0.6) is 0 Å². The Bertz CT molecular complexity index is 229. The molecule has 0 rings (SSSR count). The number of hydrogen-bond donors (Lipinski definition) is 1. The Morgan fingerprint density at radius 3 is 2.50 bits per heavy atom. The Balaban J connectivity index is 3.63. The van der Waals surface area contributed by atoms with E-state index in [-0.39, 0.29) is 5.75 Å². The molecule has 0 fully saturated rings. The Morgan fingerprint density at radius 1 is 1.36 bits per heavy atom. The van der Waals surface area contributed by atoms with Crippen molar-refractivity contribution >= 4 is 21.4 Å². The predicted molar refractivity (Wildman–Crippen MR) is 61.7 cm³/mol. The van der Waals surface area contributed by atoms with Gasteiger partial charge in [-0.15, -0.1) is 11.6 Å². The van der Waals surface area contributed by atoms with Crippen LogP contribution in [0.2, 0.25) is 0 Å². The van der Waals surface area contributed by atoms with Crippen molar-refractivity contribution in [1.82, 2.24) is 5.32 Å². The first kappa shape index (κ1) is 14.2. The summed E-state index contributed by atoms with van der Waals surface area (Å²) >= 11 is 5.56. The van der Waals surface area contributed by atoms with Crippen LogP contribution in [0.15, 0.2) is 0 Å². The van der Waals surface area contributed by atoms with Crippen LogP contribution < -0.4 is 5.32 Å². The molecule has 0 aromatic heterocycles. The van der Waals surface area contributed by atoms with E-state index in [9.17, 15) is 8.42 Å². The molecule has 0 heterocycles. The standard InChI is InChI=1S/C9H20ClNO2S/c1-3-7-14(12,13)8-6-11-9(2)4-5-10/h9,11H,3-8H2,1-2H3. The van der Waals surface area contributed by atoms with Crippen LogP contribution in [0.3, 0.4) is 0 Å². The van der Waals surface area contributed by atoms with Crippen LogP contribution in [-0.4, -0.2) is 38.4 Å². The van der Waals surface area contributed by atoms with Crippen molar-refractivity contribution in [2.75, 3.05) is 23.9 Å². The maximum atomic E-state index is 11.3. The number of rotatable bonds is 8. The monoisotopic (exact) mass is 241 g/mol. The first-order chi connectivity index (χ1) is 6.52. The van der Waals surface area contributed by atoms with E-state index < -0.39 is 9.84 Å². The van der Waals surface area contributed by atoms with E-state index in [0.717, 1.165) is 6.42 Å². The van der Waals surface area contributed by atoms with Gasteiger partial charge in [-0.25, -0.2) is 8.42 Å². The Morgan fingerprint density at radius 2 is 2.00 bits per heavy atom. The molecule has 0 radical (unpaired) electrons. The minimum atomic E-state index is -2.84. The molecule has 0 aromatic rings. The molecule has 1 unspecified atom stereocenters. The van der Waals surface area contributed by atoms with Gasteiger partial charge in [0.2, 0.25) is 0 Å². The van der Waals surface area contributed by atoms with E-state index >= 15 is 0 Å². The minimum absolute atomic E-state index is 0.230. The Hall–Kier alpha value is 0.200. The molecule has 1 N–H and O–H groups in total. The molecular weight excluding hydrogens is 222 g/mol. The topological polar surface area (TPSA) is 46.2 Å². The largest absolute Gasteiger partial charge is 0.313 e. The summed E-state index contributed by atoms with van der Waals surface area (Å²) in [4.78, 5) is 0. The van der Waals surface area contributed by atoms with Gasteiger partial charge in [0, 0.05) is 24.2 Å². The van der Waals surface area contributed by atoms with Crippen LogP contribution in [0.25, 0.3) is 0 Å². The summed E-state index contributed by atoms with van der Waals surface area (Å²) in [5.74, 6) is 1.13. The lowest BCUT2D eigenvalue weighted by Gasteiger charge is -2.11. The molecule has 5 heteroatoms. The molecule has 0 aliphatic rings. The van der Waals surface area contributed by atoms with Gasteiger partial charge >= 0.3 is 0 Å². The third-order valence-electron chi connectivity index (χ3n) is 1.96. The highest BCUT2D eigenvalue weighted by molar-refractivity contribution is 7.91. The highest BCUT2D eigenvalue weighted by Crippen LogP contribution is 1.95. The van der Waals surface area contributed by atoms with Crippen LogP contribution >= 0.6 is 11.6 Å². The molecule has 0 bridgehead atoms. The van der Waals surface area contributed by atoms with Crippen LogP contribution in [0.4, 0.5) is 0 Å². The van der Waals surface area contributed by atoms with Gasteiger partial charge in [0.15, 0.2) is 9.84 Å². The van der Waals surface area contributed by atoms with Gasteiger partial charge in [0.05, 0.1) is 5.75 Å². The Kier molecular flexibility index (Phi) is 7.59. The summed E-state index contributed by atoms with van der Waals surface area (Å²) in [6, 6.07) is 0.296. The molecule has 86 valence electrons. The predicted octanol–water partition coefficient (Wildman–Crippen LogP) is 1.42. The fraction of sp³-hybridized carbons (Fsp3) is 1.00. The molecule has 0 saturated carbocycles. The van der Waals surface area contributed by atoms with Crippen molar-refractivity contribution in [2.45, 2.75) is 32.7 Å². The zero-order valence-corrected chi connectivity index (χ0v) is 10.5. The van der Waals surface area contributed by atoms with Gasteiger partial charge in [-0.2, -0.15) is 0 Å². The van der Waals surface area contributed by atoms with E-state index in [1.54, 1.807) is 0 Å². The van der Waals surface area contributed by atoms with Crippen molar-refractivity contribution < 1.29 is 8.42 Å². The lowest BCUT2D eigenvalue weighted by Crippen LogP contribution is -2.31. The zero-order chi connectivity index (χ0) is 11.0. The molecule has 0 saturated heterocycles. The third kappa shape index (κ3) is 7.59. The quantitative estimate of drug-likeness (QED) is 0.654. The molecule has 0 aliphatic carbocycles. The van der Waals surface area contributed by atoms with E-state index in [1.807, 2.05) is 13.8 Å². The normalized spacial score (nSPS) is 14.2. The first-order valence-corrected chi connectivity index (χ1v) is 7.37. The van der Waals surface area contributed by atoms with Crippen LogP contribution in [0.1, 0.15) is 26.7 Å². The lowest BCUT2D eigenvalue weighted by molar-refractivity contribution is 0.546. The second-order valence-corrected chi connectivity index (χ2v) is 6.17. The summed E-state index contributed by atoms with van der Waals surface area (Å²) in [7, 11) is -2.84. The van der Waals surface area contributed by atoms with Crippen molar-refractivity contribution in [3.8, 4) is 0 Å². The van der Waals surface area contributed by atoms with Crippen LogP contribution in [-0.2, 0) is 9.84 Å². The summed E-state index contributed by atoms with van der Waals surface area (Å²) < 4.78 is 22.6. The van der Waals surface area contributed by atoms with Gasteiger partial charge in [-0.3, -0.25) is 0 Å². The first-order valence-electron chi connectivity index (χ1n) is 5.01.